The average Bonchev–Trinajstić information content (AvgIpc) is 2.11. The molecule has 5 nitrogen and oxygen atoms in total. The van der Waals surface area contributed by atoms with Crippen molar-refractivity contribution in [3.63, 3.8) is 0 Å². The summed E-state index contributed by atoms with van der Waals surface area (Å²) >= 11 is 0. The topological polar surface area (TPSA) is 81.4 Å². The summed E-state index contributed by atoms with van der Waals surface area (Å²) in [6.45, 7) is 3.47. The van der Waals surface area contributed by atoms with Gasteiger partial charge >= 0.3 is 5.97 Å². The molecule has 0 aromatic carbocycles. The molecule has 0 unspecified atom stereocenters. The van der Waals surface area contributed by atoms with Crippen molar-refractivity contribution < 1.29 is 14.3 Å². The van der Waals surface area contributed by atoms with Crippen molar-refractivity contribution >= 4 is 11.9 Å². The average molecular weight is 202 g/mol. The number of hydrogen-bond donors (Lipinski definition) is 2. The Kier molecular flexibility index (Phi) is 7.83. The van der Waals surface area contributed by atoms with E-state index in [0.717, 1.165) is 0 Å². The van der Waals surface area contributed by atoms with Crippen LogP contribution in [0, 0.1) is 0 Å². The molecular weight excluding hydrogens is 184 g/mol. The van der Waals surface area contributed by atoms with Gasteiger partial charge in [0, 0.05) is 13.0 Å². The lowest BCUT2D eigenvalue weighted by molar-refractivity contribution is -0.143. The molecule has 0 aromatic heterocycles. The van der Waals surface area contributed by atoms with Gasteiger partial charge in [0.05, 0.1) is 13.0 Å². The number of hydrogen-bond acceptors (Lipinski definition) is 4. The van der Waals surface area contributed by atoms with E-state index in [9.17, 15) is 9.59 Å². The summed E-state index contributed by atoms with van der Waals surface area (Å²) in [5, 5.41) is 3.02. The zero-order chi connectivity index (χ0) is 10.8. The lowest BCUT2D eigenvalue weighted by Gasteiger charge is -2.03. The highest BCUT2D eigenvalue weighted by Crippen LogP contribution is 1.87. The second-order valence-corrected chi connectivity index (χ2v) is 2.87. The van der Waals surface area contributed by atoms with Crippen LogP contribution in [0.25, 0.3) is 0 Å². The first kappa shape index (κ1) is 12.9. The maximum Gasteiger partial charge on any atom is 0.307 e. The Bertz CT molecular complexity index is 183. The normalized spacial score (nSPS) is 9.79. The molecule has 0 atom stereocenters. The monoisotopic (exact) mass is 202 g/mol. The Hall–Kier alpha value is -1.10. The highest BCUT2D eigenvalue weighted by atomic mass is 16.5. The van der Waals surface area contributed by atoms with E-state index in [2.05, 4.69) is 5.32 Å². The largest absolute Gasteiger partial charge is 0.466 e. The fourth-order valence-corrected chi connectivity index (χ4v) is 0.936. The summed E-state index contributed by atoms with van der Waals surface area (Å²) in [7, 11) is 0. The van der Waals surface area contributed by atoms with Gasteiger partial charge in [0.15, 0.2) is 0 Å². The molecule has 1 amide bonds. The third-order valence-electron chi connectivity index (χ3n) is 1.59. The van der Waals surface area contributed by atoms with Crippen molar-refractivity contribution in [2.45, 2.75) is 26.2 Å². The van der Waals surface area contributed by atoms with E-state index in [1.165, 1.54) is 0 Å². The molecule has 0 spiro atoms. The molecule has 14 heavy (non-hydrogen) atoms. The summed E-state index contributed by atoms with van der Waals surface area (Å²) < 4.78 is 4.73. The third kappa shape index (κ3) is 8.99. The van der Waals surface area contributed by atoms with E-state index in [1.54, 1.807) is 6.92 Å². The van der Waals surface area contributed by atoms with Crippen molar-refractivity contribution in [2.75, 3.05) is 19.7 Å². The number of carbonyl (C=O) groups excluding carboxylic acids is 2. The zero-order valence-corrected chi connectivity index (χ0v) is 8.54. The SMILES string of the molecule is CCOC(=O)CCNCCCC(N)=O. The molecule has 0 rings (SSSR count). The van der Waals surface area contributed by atoms with Crippen molar-refractivity contribution in [3.05, 3.63) is 0 Å². The maximum absolute atomic E-state index is 10.8. The molecule has 0 heterocycles. The molecule has 0 saturated carbocycles. The Morgan fingerprint density at radius 3 is 2.57 bits per heavy atom. The van der Waals surface area contributed by atoms with Gasteiger partial charge in [-0.1, -0.05) is 0 Å². The van der Waals surface area contributed by atoms with Crippen LogP contribution in [0.3, 0.4) is 0 Å². The van der Waals surface area contributed by atoms with Gasteiger partial charge in [-0.3, -0.25) is 9.59 Å². The molecule has 0 aliphatic heterocycles. The standard InChI is InChI=1S/C9H18N2O3/c1-2-14-9(13)5-7-11-6-3-4-8(10)12/h11H,2-7H2,1H3,(H2,10,12). The minimum Gasteiger partial charge on any atom is -0.466 e. The molecule has 0 bridgehead atoms. The van der Waals surface area contributed by atoms with Crippen LogP contribution in [-0.2, 0) is 14.3 Å². The van der Waals surface area contributed by atoms with Crippen molar-refractivity contribution in [2.24, 2.45) is 5.73 Å². The molecule has 0 aliphatic rings. The third-order valence-corrected chi connectivity index (χ3v) is 1.59. The fourth-order valence-electron chi connectivity index (χ4n) is 0.936. The molecule has 5 heteroatoms. The van der Waals surface area contributed by atoms with Gasteiger partial charge in [0.25, 0.3) is 0 Å². The van der Waals surface area contributed by atoms with Crippen molar-refractivity contribution in [1.29, 1.82) is 0 Å². The van der Waals surface area contributed by atoms with Gasteiger partial charge in [-0.2, -0.15) is 0 Å². The summed E-state index contributed by atoms with van der Waals surface area (Å²) in [6, 6.07) is 0. The van der Waals surface area contributed by atoms with E-state index in [4.69, 9.17) is 10.5 Å². The summed E-state index contributed by atoms with van der Waals surface area (Å²) in [5.74, 6) is -0.493. The van der Waals surface area contributed by atoms with Crippen LogP contribution in [0.5, 0.6) is 0 Å². The number of carbonyl (C=O) groups is 2. The van der Waals surface area contributed by atoms with Gasteiger partial charge < -0.3 is 15.8 Å². The quantitative estimate of drug-likeness (QED) is 0.421. The first-order valence-corrected chi connectivity index (χ1v) is 4.81. The Balaban J connectivity index is 3.13. The number of nitrogens with one attached hydrogen (secondary N) is 1. The summed E-state index contributed by atoms with van der Waals surface area (Å²) in [5.41, 5.74) is 4.95. The number of amides is 1. The predicted molar refractivity (Wildman–Crippen MR) is 52.5 cm³/mol. The van der Waals surface area contributed by atoms with Crippen molar-refractivity contribution in [3.8, 4) is 0 Å². The number of nitrogens with two attached hydrogens (primary N) is 1. The zero-order valence-electron chi connectivity index (χ0n) is 8.54. The molecule has 82 valence electrons. The van der Waals surface area contributed by atoms with E-state index in [0.29, 0.717) is 39.0 Å². The predicted octanol–water partition coefficient (Wildman–Crippen LogP) is -0.205. The maximum atomic E-state index is 10.8. The smallest absolute Gasteiger partial charge is 0.307 e. The number of esters is 1. The van der Waals surface area contributed by atoms with Crippen LogP contribution < -0.4 is 11.1 Å². The van der Waals surface area contributed by atoms with Crippen LogP contribution >= 0.6 is 0 Å². The van der Waals surface area contributed by atoms with Gasteiger partial charge in [0.2, 0.25) is 5.91 Å². The van der Waals surface area contributed by atoms with Crippen LogP contribution in [0.15, 0.2) is 0 Å². The second kappa shape index (κ2) is 8.50. The minimum absolute atomic E-state index is 0.199. The highest BCUT2D eigenvalue weighted by molar-refractivity contribution is 5.73. The number of rotatable bonds is 8. The first-order chi connectivity index (χ1) is 6.66. The van der Waals surface area contributed by atoms with E-state index < -0.39 is 0 Å². The van der Waals surface area contributed by atoms with Gasteiger partial charge in [-0.25, -0.2) is 0 Å². The van der Waals surface area contributed by atoms with Crippen LogP contribution in [-0.4, -0.2) is 31.6 Å². The molecule has 0 aliphatic carbocycles. The summed E-state index contributed by atoms with van der Waals surface area (Å²) in [4.78, 5) is 21.2. The second-order valence-electron chi connectivity index (χ2n) is 2.87. The van der Waals surface area contributed by atoms with Crippen LogP contribution in [0.4, 0.5) is 0 Å². The first-order valence-electron chi connectivity index (χ1n) is 4.81. The molecule has 0 radical (unpaired) electrons. The molecule has 0 saturated heterocycles. The summed E-state index contributed by atoms with van der Waals surface area (Å²) in [6.07, 6.45) is 1.45. The lowest BCUT2D eigenvalue weighted by Crippen LogP contribution is -2.22. The van der Waals surface area contributed by atoms with Gasteiger partial charge in [-0.15, -0.1) is 0 Å². The van der Waals surface area contributed by atoms with Gasteiger partial charge in [0.1, 0.15) is 0 Å². The highest BCUT2D eigenvalue weighted by Gasteiger charge is 2.00. The Morgan fingerprint density at radius 2 is 2.00 bits per heavy atom. The fraction of sp³-hybridized carbons (Fsp3) is 0.778. The Morgan fingerprint density at radius 1 is 1.29 bits per heavy atom. The Labute approximate surface area is 84.0 Å². The molecule has 3 N–H and O–H groups in total. The van der Waals surface area contributed by atoms with Crippen LogP contribution in [0.2, 0.25) is 0 Å². The minimum atomic E-state index is -0.294. The van der Waals surface area contributed by atoms with E-state index >= 15 is 0 Å². The molecule has 0 fully saturated rings. The van der Waals surface area contributed by atoms with Crippen molar-refractivity contribution in [1.82, 2.24) is 5.32 Å². The number of primary amides is 1. The van der Waals surface area contributed by atoms with E-state index in [-0.39, 0.29) is 11.9 Å². The molecular formula is C9H18N2O3. The van der Waals surface area contributed by atoms with E-state index in [1.807, 2.05) is 0 Å². The molecule has 0 aromatic rings. The van der Waals surface area contributed by atoms with Crippen LogP contribution in [0.1, 0.15) is 26.2 Å². The van der Waals surface area contributed by atoms with Gasteiger partial charge in [-0.05, 0) is 19.9 Å². The lowest BCUT2D eigenvalue weighted by atomic mass is 10.3. The number of ether oxygens (including phenoxy) is 1.